The van der Waals surface area contributed by atoms with Crippen LogP contribution in [0.2, 0.25) is 0 Å². The summed E-state index contributed by atoms with van der Waals surface area (Å²) in [5, 5.41) is 25.5. The number of likely N-dealkylation sites (tertiary alicyclic amines) is 2. The fraction of sp³-hybridized carbons (Fsp3) is 0.630. The quantitative estimate of drug-likeness (QED) is 0.634. The third-order valence-electron chi connectivity index (χ3n) is 7.88. The van der Waals surface area contributed by atoms with Crippen molar-refractivity contribution in [3.05, 3.63) is 46.8 Å². The Bertz CT molecular complexity index is 1070. The number of hydrogen-bond donors (Lipinski definition) is 2. The first kappa shape index (κ1) is 25.2. The maximum absolute atomic E-state index is 14.1. The average Bonchev–Trinajstić information content (AvgIpc) is 3.25. The lowest BCUT2D eigenvalue weighted by atomic mass is 9.94. The molecule has 1 unspecified atom stereocenters. The number of fused-ring (bicyclic) bond motifs is 1. The minimum absolute atomic E-state index is 0.0196. The smallest absolute Gasteiger partial charge is 0.244 e. The van der Waals surface area contributed by atoms with Crippen molar-refractivity contribution in [3.8, 4) is 5.75 Å². The number of halogens is 1. The standard InChI is InChI=1S/C27H37FN4O4/c1-18-6-2-5-9-24(18)36-19-10-13-30(14-11-19)25(34)17-32-22-8-4-3-7-20(22)26(29-32)27(35)31-15-12-23(33)21(28)16-31/h2,5-6,9,19,21,23,27,33,35H,3-4,7-8,10-17H2,1H3/t21-,23-,27?/m0/s1. The van der Waals surface area contributed by atoms with Gasteiger partial charge in [0.05, 0.1) is 6.10 Å². The second-order valence-corrected chi connectivity index (χ2v) is 10.4. The number of alkyl halides is 1. The predicted molar refractivity (Wildman–Crippen MR) is 132 cm³/mol. The van der Waals surface area contributed by atoms with E-state index in [9.17, 15) is 19.4 Å². The molecule has 0 bridgehead atoms. The molecule has 2 N–H and O–H groups in total. The van der Waals surface area contributed by atoms with E-state index in [1.165, 1.54) is 0 Å². The van der Waals surface area contributed by atoms with Crippen LogP contribution in [0.5, 0.6) is 5.75 Å². The number of rotatable bonds is 6. The van der Waals surface area contributed by atoms with Gasteiger partial charge in [-0.1, -0.05) is 18.2 Å². The van der Waals surface area contributed by atoms with Crippen LogP contribution in [0.15, 0.2) is 24.3 Å². The fourth-order valence-electron chi connectivity index (χ4n) is 5.67. The molecule has 3 atom stereocenters. The van der Waals surface area contributed by atoms with Gasteiger partial charge in [0.1, 0.15) is 30.3 Å². The highest BCUT2D eigenvalue weighted by atomic mass is 19.1. The molecule has 3 heterocycles. The van der Waals surface area contributed by atoms with Crippen LogP contribution >= 0.6 is 0 Å². The van der Waals surface area contributed by atoms with E-state index >= 15 is 0 Å². The van der Waals surface area contributed by atoms with Crippen LogP contribution in [-0.4, -0.2) is 80.3 Å². The first-order valence-corrected chi connectivity index (χ1v) is 13.2. The summed E-state index contributed by atoms with van der Waals surface area (Å²) >= 11 is 0. The van der Waals surface area contributed by atoms with Crippen molar-refractivity contribution in [1.29, 1.82) is 0 Å². The Morgan fingerprint density at radius 1 is 1.17 bits per heavy atom. The summed E-state index contributed by atoms with van der Waals surface area (Å²) in [4.78, 5) is 16.7. The SMILES string of the molecule is Cc1ccccc1OC1CCN(C(=O)Cn2nc(C(O)N3CC[C@H](O)[C@@H](F)C3)c3c2CCCC3)CC1. The molecule has 1 amide bonds. The van der Waals surface area contributed by atoms with E-state index in [0.717, 1.165) is 61.1 Å². The van der Waals surface area contributed by atoms with E-state index in [-0.39, 0.29) is 31.5 Å². The predicted octanol–water partition coefficient (Wildman–Crippen LogP) is 2.54. The van der Waals surface area contributed by atoms with E-state index in [4.69, 9.17) is 9.84 Å². The van der Waals surface area contributed by atoms with E-state index in [2.05, 4.69) is 0 Å². The van der Waals surface area contributed by atoms with Gasteiger partial charge in [0.25, 0.3) is 0 Å². The summed E-state index contributed by atoms with van der Waals surface area (Å²) in [6.07, 6.45) is 2.19. The van der Waals surface area contributed by atoms with Gasteiger partial charge in [0.15, 0.2) is 6.23 Å². The Morgan fingerprint density at radius 3 is 2.67 bits per heavy atom. The second-order valence-electron chi connectivity index (χ2n) is 10.4. The summed E-state index contributed by atoms with van der Waals surface area (Å²) in [6, 6.07) is 7.99. The minimum atomic E-state index is -1.38. The fourth-order valence-corrected chi connectivity index (χ4v) is 5.67. The first-order chi connectivity index (χ1) is 17.4. The summed E-state index contributed by atoms with van der Waals surface area (Å²) in [5.41, 5.74) is 3.65. The van der Waals surface area contributed by atoms with Crippen molar-refractivity contribution in [1.82, 2.24) is 19.6 Å². The zero-order chi connectivity index (χ0) is 25.2. The lowest BCUT2D eigenvalue weighted by molar-refractivity contribution is -0.133. The van der Waals surface area contributed by atoms with Crippen LogP contribution < -0.4 is 4.74 Å². The van der Waals surface area contributed by atoms with Crippen molar-refractivity contribution in [2.24, 2.45) is 0 Å². The van der Waals surface area contributed by atoms with Gasteiger partial charge in [0.2, 0.25) is 5.91 Å². The van der Waals surface area contributed by atoms with E-state index in [1.807, 2.05) is 36.1 Å². The van der Waals surface area contributed by atoms with Crippen LogP contribution in [-0.2, 0) is 24.2 Å². The second kappa shape index (κ2) is 10.9. The van der Waals surface area contributed by atoms with Gasteiger partial charge in [-0.05, 0) is 50.7 Å². The number of benzene rings is 1. The number of carbonyl (C=O) groups excluding carboxylic acids is 1. The number of aliphatic hydroxyl groups excluding tert-OH is 2. The number of aromatic nitrogens is 2. The van der Waals surface area contributed by atoms with Crippen LogP contribution in [0, 0.1) is 6.92 Å². The third kappa shape index (κ3) is 5.28. The summed E-state index contributed by atoms with van der Waals surface area (Å²) in [5.74, 6) is 0.921. The highest BCUT2D eigenvalue weighted by Crippen LogP contribution is 2.32. The topological polar surface area (TPSA) is 91.1 Å². The zero-order valence-electron chi connectivity index (χ0n) is 21.0. The molecule has 2 saturated heterocycles. The Morgan fingerprint density at radius 2 is 1.92 bits per heavy atom. The summed E-state index contributed by atoms with van der Waals surface area (Å²) < 4.78 is 22.0. The number of nitrogens with zero attached hydrogens (tertiary/aromatic N) is 4. The molecular weight excluding hydrogens is 463 g/mol. The molecular formula is C27H37FN4O4. The first-order valence-electron chi connectivity index (χ1n) is 13.2. The molecule has 8 nitrogen and oxygen atoms in total. The monoisotopic (exact) mass is 500 g/mol. The number of para-hydroxylation sites is 1. The van der Waals surface area contributed by atoms with Crippen LogP contribution in [0.3, 0.4) is 0 Å². The van der Waals surface area contributed by atoms with Crippen LogP contribution in [0.4, 0.5) is 4.39 Å². The molecule has 3 aliphatic rings. The van der Waals surface area contributed by atoms with Gasteiger partial charge in [-0.15, -0.1) is 0 Å². The minimum Gasteiger partial charge on any atom is -0.490 e. The summed E-state index contributed by atoms with van der Waals surface area (Å²) in [6.45, 7) is 3.84. The molecule has 2 aromatic rings. The van der Waals surface area contributed by atoms with Gasteiger partial charge in [-0.2, -0.15) is 5.10 Å². The van der Waals surface area contributed by atoms with Gasteiger partial charge in [-0.25, -0.2) is 4.39 Å². The molecule has 2 fully saturated rings. The third-order valence-corrected chi connectivity index (χ3v) is 7.88. The van der Waals surface area contributed by atoms with Crippen LogP contribution in [0.25, 0.3) is 0 Å². The van der Waals surface area contributed by atoms with Crippen molar-refractivity contribution >= 4 is 5.91 Å². The van der Waals surface area contributed by atoms with Gasteiger partial charge in [0, 0.05) is 50.3 Å². The van der Waals surface area contributed by atoms with Crippen molar-refractivity contribution in [2.75, 3.05) is 26.2 Å². The van der Waals surface area contributed by atoms with Crippen molar-refractivity contribution < 1.29 is 24.1 Å². The van der Waals surface area contributed by atoms with Crippen molar-refractivity contribution in [2.45, 2.75) is 83.0 Å². The number of ether oxygens (including phenoxy) is 1. The molecule has 0 saturated carbocycles. The summed E-state index contributed by atoms with van der Waals surface area (Å²) in [7, 11) is 0. The van der Waals surface area contributed by atoms with Gasteiger partial charge >= 0.3 is 0 Å². The Kier molecular flexibility index (Phi) is 7.60. The number of carbonyl (C=O) groups is 1. The molecule has 9 heteroatoms. The van der Waals surface area contributed by atoms with Crippen LogP contribution in [0.1, 0.15) is 60.8 Å². The normalized spacial score (nSPS) is 24.4. The lowest BCUT2D eigenvalue weighted by Crippen LogP contribution is -2.46. The molecule has 196 valence electrons. The number of amides is 1. The molecule has 1 aliphatic carbocycles. The van der Waals surface area contributed by atoms with E-state index in [1.54, 1.807) is 9.58 Å². The Labute approximate surface area is 211 Å². The molecule has 1 aromatic carbocycles. The van der Waals surface area contributed by atoms with Crippen molar-refractivity contribution in [3.63, 3.8) is 0 Å². The number of piperidine rings is 2. The highest BCUT2D eigenvalue weighted by Gasteiger charge is 2.35. The molecule has 36 heavy (non-hydrogen) atoms. The number of aryl methyl sites for hydroxylation is 1. The maximum atomic E-state index is 14.1. The van der Waals surface area contributed by atoms with Gasteiger partial charge in [-0.3, -0.25) is 14.4 Å². The van der Waals surface area contributed by atoms with E-state index < -0.39 is 18.5 Å². The Hall–Kier alpha value is -2.49. The van der Waals surface area contributed by atoms with E-state index in [0.29, 0.717) is 25.3 Å². The zero-order valence-corrected chi connectivity index (χ0v) is 21.0. The molecule has 5 rings (SSSR count). The molecule has 0 spiro atoms. The largest absolute Gasteiger partial charge is 0.490 e. The molecule has 1 aromatic heterocycles. The lowest BCUT2D eigenvalue weighted by Gasteiger charge is -2.35. The maximum Gasteiger partial charge on any atom is 0.244 e. The van der Waals surface area contributed by atoms with Gasteiger partial charge < -0.3 is 19.8 Å². The number of aliphatic hydroxyl groups is 2. The highest BCUT2D eigenvalue weighted by molar-refractivity contribution is 5.76. The molecule has 2 aliphatic heterocycles. The number of hydrogen-bond acceptors (Lipinski definition) is 6. The average molecular weight is 501 g/mol. The Balaban J connectivity index is 1.23. The molecule has 0 radical (unpaired) electrons.